The minimum absolute atomic E-state index is 0.0295. The van der Waals surface area contributed by atoms with Crippen molar-refractivity contribution in [2.24, 2.45) is 0 Å². The van der Waals surface area contributed by atoms with Crippen LogP contribution in [-0.4, -0.2) is 54.8 Å². The molecule has 1 aromatic rings. The number of hydrogen-bond donors (Lipinski definition) is 0. The molecule has 1 aromatic carbocycles. The molecule has 0 aliphatic carbocycles. The number of esters is 1. The van der Waals surface area contributed by atoms with Gasteiger partial charge in [-0.1, -0.05) is 11.6 Å². The maximum absolute atomic E-state index is 12.7. The Hall–Kier alpha value is -1.95. The number of amides is 1. The van der Waals surface area contributed by atoms with Gasteiger partial charge in [-0.3, -0.25) is 4.90 Å². The molecular weight excluding hydrogens is 368 g/mol. The molecule has 7 heteroatoms. The maximum Gasteiger partial charge on any atom is 0.411 e. The highest BCUT2D eigenvalue weighted by molar-refractivity contribution is 6.30. The molecule has 0 unspecified atom stereocenters. The second kappa shape index (κ2) is 7.58. The third-order valence-electron chi connectivity index (χ3n) is 5.02. The zero-order valence-corrected chi connectivity index (χ0v) is 17.1. The molecule has 1 amide bonds. The normalized spacial score (nSPS) is 22.4. The first-order valence-corrected chi connectivity index (χ1v) is 9.70. The number of methoxy groups -OCH3 is 1. The molecule has 2 aliphatic rings. The van der Waals surface area contributed by atoms with E-state index < -0.39 is 23.7 Å². The third kappa shape index (κ3) is 4.32. The molecule has 148 valence electrons. The van der Waals surface area contributed by atoms with Gasteiger partial charge in [0.05, 0.1) is 7.11 Å². The largest absolute Gasteiger partial charge is 0.467 e. The Bertz CT molecular complexity index is 731. The van der Waals surface area contributed by atoms with Gasteiger partial charge >= 0.3 is 12.1 Å². The van der Waals surface area contributed by atoms with Crippen LogP contribution in [0.1, 0.15) is 39.2 Å². The Morgan fingerprint density at radius 2 is 2.00 bits per heavy atom. The van der Waals surface area contributed by atoms with E-state index in [1.165, 1.54) is 17.6 Å². The molecule has 2 atom stereocenters. The molecule has 27 heavy (non-hydrogen) atoms. The molecule has 0 spiro atoms. The van der Waals surface area contributed by atoms with Gasteiger partial charge in [-0.2, -0.15) is 0 Å². The molecule has 0 radical (unpaired) electrons. The number of aryl methyl sites for hydroxylation is 1. The van der Waals surface area contributed by atoms with Crippen LogP contribution in [0.15, 0.2) is 18.2 Å². The Morgan fingerprint density at radius 1 is 1.26 bits per heavy atom. The van der Waals surface area contributed by atoms with E-state index >= 15 is 0 Å². The van der Waals surface area contributed by atoms with Crippen molar-refractivity contribution in [1.82, 2.24) is 4.90 Å². The molecule has 3 rings (SSSR count). The number of ether oxygens (including phenoxy) is 2. The number of hydrogen-bond acceptors (Lipinski definition) is 5. The first-order chi connectivity index (χ1) is 12.7. The quantitative estimate of drug-likeness (QED) is 0.716. The van der Waals surface area contributed by atoms with Crippen molar-refractivity contribution < 1.29 is 19.1 Å². The van der Waals surface area contributed by atoms with Gasteiger partial charge in [0, 0.05) is 36.3 Å². The monoisotopic (exact) mass is 394 g/mol. The fourth-order valence-electron chi connectivity index (χ4n) is 3.90. The van der Waals surface area contributed by atoms with E-state index in [-0.39, 0.29) is 6.04 Å². The molecule has 0 bridgehead atoms. The predicted molar refractivity (Wildman–Crippen MR) is 104 cm³/mol. The van der Waals surface area contributed by atoms with Crippen molar-refractivity contribution in [1.29, 1.82) is 0 Å². The lowest BCUT2D eigenvalue weighted by Gasteiger charge is -2.36. The number of carbonyl (C=O) groups is 2. The van der Waals surface area contributed by atoms with E-state index in [0.717, 1.165) is 30.1 Å². The van der Waals surface area contributed by atoms with Crippen LogP contribution in [0.25, 0.3) is 0 Å². The number of rotatable bonds is 2. The van der Waals surface area contributed by atoms with Crippen LogP contribution >= 0.6 is 11.6 Å². The molecule has 1 fully saturated rings. The minimum atomic E-state index is -0.632. The summed E-state index contributed by atoms with van der Waals surface area (Å²) in [6, 6.07) is 5.31. The Balaban J connectivity index is 1.84. The number of likely N-dealkylation sites (tertiary alicyclic amines) is 1. The minimum Gasteiger partial charge on any atom is -0.467 e. The lowest BCUT2D eigenvalue weighted by molar-refractivity contribution is -0.145. The SMILES string of the molecule is COC(=O)[C@H]1C[C@H](N2CCCc3cc(Cl)ccc32)CN1C(=O)OC(C)(C)C. The summed E-state index contributed by atoms with van der Waals surface area (Å²) in [6.07, 6.45) is 2.04. The fourth-order valence-corrected chi connectivity index (χ4v) is 4.09. The lowest BCUT2D eigenvalue weighted by Crippen LogP contribution is -2.45. The number of halogens is 1. The van der Waals surface area contributed by atoms with E-state index in [4.69, 9.17) is 21.1 Å². The predicted octanol–water partition coefficient (Wildman–Crippen LogP) is 3.64. The molecule has 2 heterocycles. The standard InChI is InChI=1S/C20H27ClN2O4/c1-20(2,3)27-19(25)23-12-15(11-17(23)18(24)26-4)22-9-5-6-13-10-14(21)7-8-16(13)22/h7-8,10,15,17H,5-6,9,11-12H2,1-4H3/t15-,17+/m0/s1. The second-order valence-electron chi connectivity index (χ2n) is 8.13. The van der Waals surface area contributed by atoms with Crippen molar-refractivity contribution in [2.75, 3.05) is 25.1 Å². The van der Waals surface area contributed by atoms with E-state index in [2.05, 4.69) is 4.90 Å². The molecule has 0 N–H and O–H groups in total. The van der Waals surface area contributed by atoms with Gasteiger partial charge in [-0.05, 0) is 57.4 Å². The summed E-state index contributed by atoms with van der Waals surface area (Å²) in [6.45, 7) is 6.76. The summed E-state index contributed by atoms with van der Waals surface area (Å²) in [7, 11) is 1.35. The summed E-state index contributed by atoms with van der Waals surface area (Å²) in [4.78, 5) is 28.8. The zero-order valence-electron chi connectivity index (χ0n) is 16.3. The lowest BCUT2D eigenvalue weighted by atomic mass is 9.99. The average Bonchev–Trinajstić information content (AvgIpc) is 3.04. The number of fused-ring (bicyclic) bond motifs is 1. The summed E-state index contributed by atoms with van der Waals surface area (Å²) in [5.41, 5.74) is 1.72. The highest BCUT2D eigenvalue weighted by Crippen LogP contribution is 2.35. The van der Waals surface area contributed by atoms with Crippen molar-refractivity contribution >= 4 is 29.4 Å². The molecule has 1 saturated heterocycles. The summed E-state index contributed by atoms with van der Waals surface area (Å²) < 4.78 is 10.5. The van der Waals surface area contributed by atoms with Crippen LogP contribution in [0.2, 0.25) is 5.02 Å². The zero-order chi connectivity index (χ0) is 19.8. The number of carbonyl (C=O) groups excluding carboxylic acids is 2. The molecule has 6 nitrogen and oxygen atoms in total. The van der Waals surface area contributed by atoms with Crippen molar-refractivity contribution in [2.45, 2.75) is 57.7 Å². The van der Waals surface area contributed by atoms with Crippen LogP contribution in [0.4, 0.5) is 10.5 Å². The van der Waals surface area contributed by atoms with E-state index in [1.807, 2.05) is 39.0 Å². The van der Waals surface area contributed by atoms with Crippen LogP contribution in [-0.2, 0) is 20.7 Å². The van der Waals surface area contributed by atoms with Gasteiger partial charge in [0.15, 0.2) is 0 Å². The highest BCUT2D eigenvalue weighted by atomic mass is 35.5. The molecular formula is C20H27ClN2O4. The maximum atomic E-state index is 12.7. The van der Waals surface area contributed by atoms with Crippen LogP contribution in [0.3, 0.4) is 0 Å². The summed E-state index contributed by atoms with van der Waals surface area (Å²) >= 11 is 6.14. The van der Waals surface area contributed by atoms with Gasteiger partial charge in [-0.25, -0.2) is 9.59 Å². The Morgan fingerprint density at radius 3 is 2.67 bits per heavy atom. The first kappa shape index (κ1) is 19.8. The van der Waals surface area contributed by atoms with Crippen LogP contribution < -0.4 is 4.90 Å². The fraction of sp³-hybridized carbons (Fsp3) is 0.600. The highest BCUT2D eigenvalue weighted by Gasteiger charge is 2.44. The molecule has 0 aromatic heterocycles. The van der Waals surface area contributed by atoms with Gasteiger partial charge in [0.2, 0.25) is 0 Å². The van der Waals surface area contributed by atoms with Crippen LogP contribution in [0.5, 0.6) is 0 Å². The average molecular weight is 395 g/mol. The number of nitrogens with zero attached hydrogens (tertiary/aromatic N) is 2. The molecule has 0 saturated carbocycles. The molecule has 2 aliphatic heterocycles. The van der Waals surface area contributed by atoms with E-state index in [9.17, 15) is 9.59 Å². The topological polar surface area (TPSA) is 59.1 Å². The van der Waals surface area contributed by atoms with E-state index in [1.54, 1.807) is 0 Å². The van der Waals surface area contributed by atoms with E-state index in [0.29, 0.717) is 13.0 Å². The van der Waals surface area contributed by atoms with Gasteiger partial charge < -0.3 is 14.4 Å². The first-order valence-electron chi connectivity index (χ1n) is 9.32. The summed E-state index contributed by atoms with van der Waals surface area (Å²) in [5, 5.41) is 0.727. The van der Waals surface area contributed by atoms with Gasteiger partial charge in [0.1, 0.15) is 11.6 Å². The Labute approximate surface area is 165 Å². The third-order valence-corrected chi connectivity index (χ3v) is 5.25. The number of benzene rings is 1. The van der Waals surface area contributed by atoms with Crippen molar-refractivity contribution in [3.8, 4) is 0 Å². The smallest absolute Gasteiger partial charge is 0.411 e. The van der Waals surface area contributed by atoms with Crippen LogP contribution in [0, 0.1) is 0 Å². The van der Waals surface area contributed by atoms with Gasteiger partial charge in [-0.15, -0.1) is 0 Å². The second-order valence-corrected chi connectivity index (χ2v) is 8.57. The Kier molecular flexibility index (Phi) is 5.56. The van der Waals surface area contributed by atoms with Gasteiger partial charge in [0.25, 0.3) is 0 Å². The van der Waals surface area contributed by atoms with Crippen molar-refractivity contribution in [3.63, 3.8) is 0 Å². The number of anilines is 1. The summed E-state index contributed by atoms with van der Waals surface area (Å²) in [5.74, 6) is -0.406. The van der Waals surface area contributed by atoms with Crippen molar-refractivity contribution in [3.05, 3.63) is 28.8 Å².